The molecule has 0 bridgehead atoms. The van der Waals surface area contributed by atoms with Crippen molar-refractivity contribution in [1.29, 1.82) is 0 Å². The van der Waals surface area contributed by atoms with E-state index in [-0.39, 0.29) is 13.6 Å². The summed E-state index contributed by atoms with van der Waals surface area (Å²) in [4.78, 5) is 0. The Hall–Kier alpha value is -0.690. The Bertz CT molecular complexity index is 439. The van der Waals surface area contributed by atoms with Crippen LogP contribution in [0.4, 0.5) is 0 Å². The Morgan fingerprint density at radius 2 is 1.47 bits per heavy atom. The van der Waals surface area contributed by atoms with Crippen LogP contribution in [0.3, 0.4) is 0 Å². The molecule has 1 rings (SSSR count). The van der Waals surface area contributed by atoms with Crippen LogP contribution in [0.15, 0.2) is 4.47 Å². The number of hydrogen-bond donors (Lipinski definition) is 0. The fourth-order valence-electron chi connectivity index (χ4n) is 1.42. The van der Waals surface area contributed by atoms with E-state index < -0.39 is 0 Å². The lowest BCUT2D eigenvalue weighted by atomic mass is 10.2. The molecule has 0 aliphatic rings. The second-order valence-electron chi connectivity index (χ2n) is 3.55. The molecule has 0 aliphatic heterocycles. The summed E-state index contributed by atoms with van der Waals surface area (Å²) in [7, 11) is 4.56. The lowest BCUT2D eigenvalue weighted by Gasteiger charge is -2.19. The number of hydrogen-bond acceptors (Lipinski definition) is 5. The van der Waals surface area contributed by atoms with E-state index in [0.29, 0.717) is 26.7 Å². The molecule has 5 nitrogen and oxygen atoms in total. The van der Waals surface area contributed by atoms with Crippen molar-refractivity contribution in [3.63, 3.8) is 0 Å². The average molecular weight is 356 g/mol. The van der Waals surface area contributed by atoms with Crippen LogP contribution >= 0.6 is 27.5 Å². The SMILES string of the molecule is COCOc1c(Br)c(C)c(Cl)c(OC)c1OCOC. The van der Waals surface area contributed by atoms with Crippen molar-refractivity contribution in [2.24, 2.45) is 0 Å². The van der Waals surface area contributed by atoms with Gasteiger partial charge in [0.25, 0.3) is 0 Å². The number of ether oxygens (including phenoxy) is 5. The minimum atomic E-state index is 0.0472. The van der Waals surface area contributed by atoms with Crippen LogP contribution < -0.4 is 14.2 Å². The van der Waals surface area contributed by atoms with E-state index in [9.17, 15) is 0 Å². The highest BCUT2D eigenvalue weighted by Gasteiger charge is 2.23. The quantitative estimate of drug-likeness (QED) is 0.702. The van der Waals surface area contributed by atoms with Crippen molar-refractivity contribution in [3.8, 4) is 17.2 Å². The molecule has 7 heteroatoms. The van der Waals surface area contributed by atoms with Gasteiger partial charge in [-0.05, 0) is 28.4 Å². The third-order valence-corrected chi connectivity index (χ3v) is 3.73. The van der Waals surface area contributed by atoms with Gasteiger partial charge in [-0.1, -0.05) is 11.6 Å². The van der Waals surface area contributed by atoms with Crippen molar-refractivity contribution in [2.45, 2.75) is 6.92 Å². The predicted octanol–water partition coefficient (Wildman–Crippen LogP) is 3.38. The van der Waals surface area contributed by atoms with Crippen LogP contribution in [0, 0.1) is 6.92 Å². The fraction of sp³-hybridized carbons (Fsp3) is 0.500. The second kappa shape index (κ2) is 7.79. The summed E-state index contributed by atoms with van der Waals surface area (Å²) < 4.78 is 26.7. The normalized spacial score (nSPS) is 10.4. The molecule has 0 radical (unpaired) electrons. The maximum absolute atomic E-state index is 6.23. The molecule has 0 saturated carbocycles. The van der Waals surface area contributed by atoms with Crippen LogP contribution in [0.1, 0.15) is 5.56 Å². The summed E-state index contributed by atoms with van der Waals surface area (Å²) in [5, 5.41) is 0.449. The van der Waals surface area contributed by atoms with Gasteiger partial charge in [-0.2, -0.15) is 0 Å². The van der Waals surface area contributed by atoms with Crippen molar-refractivity contribution >= 4 is 27.5 Å². The molecule has 0 atom stereocenters. The molecule has 0 heterocycles. The first-order valence-corrected chi connectivity index (χ1v) is 6.54. The summed E-state index contributed by atoms with van der Waals surface area (Å²) in [6, 6.07) is 0. The maximum atomic E-state index is 6.23. The molecule has 0 amide bonds. The third kappa shape index (κ3) is 3.66. The van der Waals surface area contributed by atoms with E-state index in [4.69, 9.17) is 35.3 Å². The molecule has 19 heavy (non-hydrogen) atoms. The first-order valence-electron chi connectivity index (χ1n) is 5.37. The molecule has 1 aromatic rings. The van der Waals surface area contributed by atoms with E-state index in [2.05, 4.69) is 15.9 Å². The first-order chi connectivity index (χ1) is 9.08. The van der Waals surface area contributed by atoms with E-state index in [1.54, 1.807) is 0 Å². The Balaban J connectivity index is 3.33. The van der Waals surface area contributed by atoms with E-state index >= 15 is 0 Å². The van der Waals surface area contributed by atoms with Crippen LogP contribution in [0.25, 0.3) is 0 Å². The van der Waals surface area contributed by atoms with Gasteiger partial charge in [0.2, 0.25) is 5.75 Å². The van der Waals surface area contributed by atoms with Gasteiger partial charge in [0, 0.05) is 14.2 Å². The minimum Gasteiger partial charge on any atom is -0.491 e. The van der Waals surface area contributed by atoms with Crippen molar-refractivity contribution < 1.29 is 23.7 Å². The van der Waals surface area contributed by atoms with Crippen LogP contribution in [0.5, 0.6) is 17.2 Å². The Kier molecular flexibility index (Phi) is 6.71. The van der Waals surface area contributed by atoms with E-state index in [1.807, 2.05) is 6.92 Å². The molecule has 0 fully saturated rings. The molecule has 1 aromatic carbocycles. The van der Waals surface area contributed by atoms with Crippen LogP contribution in [-0.2, 0) is 9.47 Å². The Morgan fingerprint density at radius 1 is 0.947 bits per heavy atom. The second-order valence-corrected chi connectivity index (χ2v) is 4.72. The summed E-state index contributed by atoms with van der Waals surface area (Å²) in [6.45, 7) is 1.96. The highest BCUT2D eigenvalue weighted by Crippen LogP contribution is 2.49. The predicted molar refractivity (Wildman–Crippen MR) is 75.4 cm³/mol. The first kappa shape index (κ1) is 16.4. The lowest BCUT2D eigenvalue weighted by Crippen LogP contribution is -2.07. The zero-order valence-electron chi connectivity index (χ0n) is 11.2. The molecular weight excluding hydrogens is 339 g/mol. The highest BCUT2D eigenvalue weighted by molar-refractivity contribution is 9.10. The van der Waals surface area contributed by atoms with Gasteiger partial charge >= 0.3 is 0 Å². The molecular formula is C12H16BrClO5. The molecule has 0 aliphatic carbocycles. The third-order valence-electron chi connectivity index (χ3n) is 2.32. The lowest BCUT2D eigenvalue weighted by molar-refractivity contribution is 0.0303. The van der Waals surface area contributed by atoms with Crippen molar-refractivity contribution in [2.75, 3.05) is 34.9 Å². The van der Waals surface area contributed by atoms with Crippen LogP contribution in [0.2, 0.25) is 5.02 Å². The number of benzene rings is 1. The van der Waals surface area contributed by atoms with Gasteiger partial charge < -0.3 is 23.7 Å². The van der Waals surface area contributed by atoms with Gasteiger partial charge in [-0.15, -0.1) is 0 Å². The van der Waals surface area contributed by atoms with Gasteiger partial charge in [-0.3, -0.25) is 0 Å². The topological polar surface area (TPSA) is 46.2 Å². The molecule has 108 valence electrons. The summed E-state index contributed by atoms with van der Waals surface area (Å²) in [5.41, 5.74) is 0.786. The molecule has 0 saturated heterocycles. The smallest absolute Gasteiger partial charge is 0.209 e. The summed E-state index contributed by atoms with van der Waals surface area (Å²) in [5.74, 6) is 1.21. The zero-order chi connectivity index (χ0) is 14.4. The van der Waals surface area contributed by atoms with E-state index in [1.165, 1.54) is 21.3 Å². The number of halogens is 2. The summed E-state index contributed by atoms with van der Waals surface area (Å²) >= 11 is 9.65. The van der Waals surface area contributed by atoms with Gasteiger partial charge in [0.1, 0.15) is 0 Å². The molecule has 0 aromatic heterocycles. The van der Waals surface area contributed by atoms with Gasteiger partial charge in [-0.25, -0.2) is 0 Å². The van der Waals surface area contributed by atoms with Crippen molar-refractivity contribution in [3.05, 3.63) is 15.1 Å². The molecule has 0 spiro atoms. The van der Waals surface area contributed by atoms with Crippen molar-refractivity contribution in [1.82, 2.24) is 0 Å². The molecule has 0 N–H and O–H groups in total. The minimum absolute atomic E-state index is 0.0472. The molecule has 0 unspecified atom stereocenters. The standard InChI is InChI=1S/C12H16BrClO5/c1-7-8(13)10(18-5-15-2)12(19-6-16-3)11(17-4)9(7)14/h5-6H2,1-4H3. The fourth-order valence-corrected chi connectivity index (χ4v) is 2.28. The number of methoxy groups -OCH3 is 3. The average Bonchev–Trinajstić information content (AvgIpc) is 2.42. The number of rotatable bonds is 7. The Morgan fingerprint density at radius 3 is 1.95 bits per heavy atom. The largest absolute Gasteiger partial charge is 0.491 e. The van der Waals surface area contributed by atoms with Crippen LogP contribution in [-0.4, -0.2) is 34.9 Å². The zero-order valence-corrected chi connectivity index (χ0v) is 13.6. The highest BCUT2D eigenvalue weighted by atomic mass is 79.9. The monoisotopic (exact) mass is 354 g/mol. The van der Waals surface area contributed by atoms with Gasteiger partial charge in [0.05, 0.1) is 16.6 Å². The maximum Gasteiger partial charge on any atom is 0.209 e. The van der Waals surface area contributed by atoms with E-state index in [0.717, 1.165) is 5.56 Å². The summed E-state index contributed by atoms with van der Waals surface area (Å²) in [6.07, 6.45) is 0. The van der Waals surface area contributed by atoms with Gasteiger partial charge in [0.15, 0.2) is 25.1 Å². The Labute approximate surface area is 125 Å².